The number of aryl methyl sites for hydroxylation is 1. The molecule has 156 valence electrons. The second-order valence-electron chi connectivity index (χ2n) is 7.52. The molecule has 0 spiro atoms. The lowest BCUT2D eigenvalue weighted by atomic mass is 10.0. The van der Waals surface area contributed by atoms with Gasteiger partial charge in [0, 0.05) is 24.2 Å². The van der Waals surface area contributed by atoms with Crippen molar-refractivity contribution in [3.05, 3.63) is 94.8 Å². The van der Waals surface area contributed by atoms with E-state index in [2.05, 4.69) is 10.2 Å². The van der Waals surface area contributed by atoms with Crippen molar-refractivity contribution in [1.29, 1.82) is 11.1 Å². The first-order valence-electron chi connectivity index (χ1n) is 10.0. The quantitative estimate of drug-likeness (QED) is 0.361. The van der Waals surface area contributed by atoms with Crippen LogP contribution in [0.25, 0.3) is 38.9 Å². The van der Waals surface area contributed by atoms with Crippen LogP contribution >= 0.6 is 0 Å². The second kappa shape index (κ2) is 7.66. The molecule has 0 unspecified atom stereocenters. The van der Waals surface area contributed by atoms with Crippen LogP contribution in [0.15, 0.2) is 93.9 Å². The van der Waals surface area contributed by atoms with E-state index in [0.717, 1.165) is 22.4 Å². The summed E-state index contributed by atoms with van der Waals surface area (Å²) in [5.74, 6) is 0. The maximum atomic E-state index is 13.0. The van der Waals surface area contributed by atoms with Crippen LogP contribution in [0.2, 0.25) is 0 Å². The Morgan fingerprint density at radius 2 is 1.56 bits per heavy atom. The third-order valence-corrected chi connectivity index (χ3v) is 5.63. The Labute approximate surface area is 182 Å². The standard InChI is InChI=1S/C24H19N7O/c1-30-22-14-20(15-6-3-2-4-7-15)29-31(22)21-13-17(10-11-19(21)24(30)32)16-8-5-9-18(12-16)23(27-25)28-26/h2-14,23,25-26H,1H3. The van der Waals surface area contributed by atoms with Crippen molar-refractivity contribution >= 4 is 16.6 Å². The third-order valence-electron chi connectivity index (χ3n) is 5.63. The summed E-state index contributed by atoms with van der Waals surface area (Å²) < 4.78 is 3.41. The van der Waals surface area contributed by atoms with Crippen LogP contribution in [0.1, 0.15) is 11.7 Å². The molecule has 0 bridgehead atoms. The van der Waals surface area contributed by atoms with E-state index in [-0.39, 0.29) is 5.56 Å². The molecule has 0 saturated carbocycles. The van der Waals surface area contributed by atoms with Crippen LogP contribution in [0.5, 0.6) is 0 Å². The van der Waals surface area contributed by atoms with Crippen molar-refractivity contribution in [2.75, 3.05) is 0 Å². The molecule has 3 aromatic carbocycles. The van der Waals surface area contributed by atoms with Crippen molar-refractivity contribution in [2.45, 2.75) is 6.17 Å². The number of rotatable bonds is 5. The Hall–Kier alpha value is -4.46. The Balaban J connectivity index is 1.74. The predicted molar refractivity (Wildman–Crippen MR) is 122 cm³/mol. The van der Waals surface area contributed by atoms with Gasteiger partial charge in [0.1, 0.15) is 5.65 Å². The molecule has 0 saturated heterocycles. The molecule has 0 amide bonds. The van der Waals surface area contributed by atoms with Crippen molar-refractivity contribution in [2.24, 2.45) is 17.3 Å². The molecule has 0 atom stereocenters. The van der Waals surface area contributed by atoms with Gasteiger partial charge in [0.05, 0.1) is 16.6 Å². The third kappa shape index (κ3) is 3.09. The fraction of sp³-hybridized carbons (Fsp3) is 0.0833. The van der Waals surface area contributed by atoms with E-state index in [0.29, 0.717) is 22.1 Å². The molecule has 0 aliphatic heterocycles. The summed E-state index contributed by atoms with van der Waals surface area (Å²) in [6.45, 7) is 0. The van der Waals surface area contributed by atoms with Gasteiger partial charge >= 0.3 is 0 Å². The van der Waals surface area contributed by atoms with E-state index in [1.54, 1.807) is 22.2 Å². The van der Waals surface area contributed by atoms with Crippen LogP contribution in [0, 0.1) is 11.1 Å². The number of hydrogen-bond donors (Lipinski definition) is 2. The van der Waals surface area contributed by atoms with Gasteiger partial charge in [-0.05, 0) is 29.3 Å². The van der Waals surface area contributed by atoms with E-state index >= 15 is 0 Å². The highest BCUT2D eigenvalue weighted by Crippen LogP contribution is 2.28. The van der Waals surface area contributed by atoms with Crippen LogP contribution in [0.3, 0.4) is 0 Å². The fourth-order valence-corrected chi connectivity index (χ4v) is 3.95. The normalized spacial score (nSPS) is 12.2. The second-order valence-corrected chi connectivity index (χ2v) is 7.52. The largest absolute Gasteiger partial charge is 0.296 e. The molecule has 8 nitrogen and oxygen atoms in total. The SMILES string of the molecule is Cn1c(=O)c2ccc(-c3cccc(C(N=N)N=N)c3)cc2n2nc(-c3ccccc3)cc12. The highest BCUT2D eigenvalue weighted by molar-refractivity contribution is 5.86. The topological polar surface area (TPSA) is 112 Å². The zero-order chi connectivity index (χ0) is 22.2. The highest BCUT2D eigenvalue weighted by atomic mass is 16.1. The Kier molecular flexibility index (Phi) is 4.67. The lowest BCUT2D eigenvalue weighted by molar-refractivity contribution is 0.648. The molecular weight excluding hydrogens is 402 g/mol. The van der Waals surface area contributed by atoms with Crippen LogP contribution in [0.4, 0.5) is 0 Å². The molecule has 0 radical (unpaired) electrons. The van der Waals surface area contributed by atoms with E-state index in [9.17, 15) is 4.79 Å². The van der Waals surface area contributed by atoms with E-state index in [4.69, 9.17) is 16.2 Å². The summed E-state index contributed by atoms with van der Waals surface area (Å²) in [6, 6.07) is 24.8. The molecule has 32 heavy (non-hydrogen) atoms. The Bertz CT molecular complexity index is 1540. The number of benzene rings is 3. The van der Waals surface area contributed by atoms with Gasteiger partial charge in [-0.1, -0.05) is 54.6 Å². The average molecular weight is 421 g/mol. The molecule has 5 rings (SSSR count). The molecule has 0 aliphatic carbocycles. The molecular formula is C24H19N7O. The summed E-state index contributed by atoms with van der Waals surface area (Å²) in [5.41, 5.74) is 20.0. The van der Waals surface area contributed by atoms with Gasteiger partial charge in [0.15, 0.2) is 0 Å². The summed E-state index contributed by atoms with van der Waals surface area (Å²) in [4.78, 5) is 13.0. The molecule has 8 heteroatoms. The lowest BCUT2D eigenvalue weighted by Crippen LogP contribution is -2.19. The predicted octanol–water partition coefficient (Wildman–Crippen LogP) is 5.58. The molecule has 5 aromatic rings. The van der Waals surface area contributed by atoms with E-state index in [1.165, 1.54) is 0 Å². The smallest absolute Gasteiger partial charge is 0.261 e. The van der Waals surface area contributed by atoms with Crippen molar-refractivity contribution in [3.63, 3.8) is 0 Å². The van der Waals surface area contributed by atoms with Crippen molar-refractivity contribution in [3.8, 4) is 22.4 Å². The van der Waals surface area contributed by atoms with Crippen LogP contribution < -0.4 is 5.56 Å². The van der Waals surface area contributed by atoms with Crippen LogP contribution in [-0.2, 0) is 7.05 Å². The lowest BCUT2D eigenvalue weighted by Gasteiger charge is -2.10. The van der Waals surface area contributed by atoms with E-state index < -0.39 is 6.17 Å². The molecule has 2 heterocycles. The first-order valence-corrected chi connectivity index (χ1v) is 10.0. The van der Waals surface area contributed by atoms with Gasteiger partial charge in [-0.15, -0.1) is 0 Å². The maximum Gasteiger partial charge on any atom is 0.261 e. The first kappa shape index (κ1) is 19.5. The highest BCUT2D eigenvalue weighted by Gasteiger charge is 2.15. The molecule has 0 aliphatic rings. The zero-order valence-corrected chi connectivity index (χ0v) is 17.2. The molecule has 2 N–H and O–H groups in total. The number of hydrogen-bond acceptors (Lipinski definition) is 6. The van der Waals surface area contributed by atoms with Crippen molar-refractivity contribution < 1.29 is 0 Å². The number of fused-ring (bicyclic) bond motifs is 3. The van der Waals surface area contributed by atoms with Gasteiger partial charge in [-0.2, -0.15) is 15.3 Å². The van der Waals surface area contributed by atoms with Gasteiger partial charge in [0.25, 0.3) is 5.56 Å². The molecule has 0 fully saturated rings. The fourth-order valence-electron chi connectivity index (χ4n) is 3.95. The zero-order valence-electron chi connectivity index (χ0n) is 17.2. The first-order chi connectivity index (χ1) is 15.6. The van der Waals surface area contributed by atoms with Gasteiger partial charge in [-0.25, -0.2) is 15.6 Å². The summed E-state index contributed by atoms with van der Waals surface area (Å²) in [7, 11) is 1.75. The monoisotopic (exact) mass is 421 g/mol. The average Bonchev–Trinajstić information content (AvgIpc) is 3.30. The maximum absolute atomic E-state index is 13.0. The summed E-state index contributed by atoms with van der Waals surface area (Å²) in [6.07, 6.45) is -0.853. The summed E-state index contributed by atoms with van der Waals surface area (Å²) >= 11 is 0. The van der Waals surface area contributed by atoms with Gasteiger partial charge < -0.3 is 0 Å². The van der Waals surface area contributed by atoms with Crippen LogP contribution in [-0.4, -0.2) is 14.2 Å². The minimum Gasteiger partial charge on any atom is -0.296 e. The van der Waals surface area contributed by atoms with Gasteiger partial charge in [-0.3, -0.25) is 9.36 Å². The number of nitrogens with one attached hydrogen (secondary N) is 2. The molecule has 2 aromatic heterocycles. The number of aromatic nitrogens is 3. The summed E-state index contributed by atoms with van der Waals surface area (Å²) in [5, 5.41) is 12.2. The van der Waals surface area contributed by atoms with Crippen molar-refractivity contribution in [1.82, 2.24) is 14.2 Å². The minimum atomic E-state index is -0.853. The minimum absolute atomic E-state index is 0.0895. The Morgan fingerprint density at radius 3 is 2.31 bits per heavy atom. The van der Waals surface area contributed by atoms with E-state index in [1.807, 2.05) is 72.8 Å². The van der Waals surface area contributed by atoms with Gasteiger partial charge in [0.2, 0.25) is 6.17 Å². The Morgan fingerprint density at radius 1 is 0.844 bits per heavy atom. The number of nitrogens with zero attached hydrogens (tertiary/aromatic N) is 5.